The van der Waals surface area contributed by atoms with Crippen molar-refractivity contribution in [3.8, 4) is 11.5 Å². The van der Waals surface area contributed by atoms with Gasteiger partial charge >= 0.3 is 0 Å². The molecule has 2 aliphatic rings. The van der Waals surface area contributed by atoms with Gasteiger partial charge in [0.15, 0.2) is 11.5 Å². The van der Waals surface area contributed by atoms with Gasteiger partial charge < -0.3 is 15.2 Å². The Balaban J connectivity index is 1.97. The molecule has 1 heterocycles. The second-order valence-electron chi connectivity index (χ2n) is 4.42. The van der Waals surface area contributed by atoms with Crippen LogP contribution in [0.4, 0.5) is 0 Å². The second kappa shape index (κ2) is 3.64. The smallest absolute Gasteiger partial charge is 0.251 e. The van der Waals surface area contributed by atoms with Crippen LogP contribution in [-0.4, -0.2) is 5.79 Å². The maximum absolute atomic E-state index is 5.95. The van der Waals surface area contributed by atoms with Gasteiger partial charge in [-0.1, -0.05) is 15.9 Å². The molecule has 3 rings (SSSR count). The maximum atomic E-state index is 5.95. The van der Waals surface area contributed by atoms with E-state index in [0.717, 1.165) is 34.4 Å². The van der Waals surface area contributed by atoms with Gasteiger partial charge in [-0.05, 0) is 30.5 Å². The lowest BCUT2D eigenvalue weighted by Gasteiger charge is -2.21. The number of benzene rings is 1. The van der Waals surface area contributed by atoms with Gasteiger partial charge in [0.2, 0.25) is 0 Å². The molecule has 0 bridgehead atoms. The zero-order chi connectivity index (χ0) is 11.2. The van der Waals surface area contributed by atoms with E-state index in [-0.39, 0.29) is 5.79 Å². The third kappa shape index (κ3) is 1.52. The molecular formula is C12H14BrNO2. The Morgan fingerprint density at radius 1 is 1.19 bits per heavy atom. The van der Waals surface area contributed by atoms with Crippen LogP contribution < -0.4 is 15.2 Å². The van der Waals surface area contributed by atoms with E-state index in [1.165, 1.54) is 12.8 Å². The third-order valence-corrected chi connectivity index (χ3v) is 4.03. The van der Waals surface area contributed by atoms with Gasteiger partial charge in [-0.15, -0.1) is 0 Å². The number of fused-ring (bicyclic) bond motifs is 1. The van der Waals surface area contributed by atoms with E-state index in [2.05, 4.69) is 15.9 Å². The van der Waals surface area contributed by atoms with Crippen molar-refractivity contribution in [2.45, 2.75) is 38.0 Å². The van der Waals surface area contributed by atoms with Crippen LogP contribution >= 0.6 is 15.9 Å². The molecule has 0 saturated heterocycles. The van der Waals surface area contributed by atoms with Crippen molar-refractivity contribution >= 4 is 15.9 Å². The molecule has 0 atom stereocenters. The van der Waals surface area contributed by atoms with E-state index in [0.29, 0.717) is 6.54 Å². The molecule has 3 nitrogen and oxygen atoms in total. The number of ether oxygens (including phenoxy) is 2. The summed E-state index contributed by atoms with van der Waals surface area (Å²) in [5, 5.41) is 0. The van der Waals surface area contributed by atoms with Crippen LogP contribution in [0.3, 0.4) is 0 Å². The van der Waals surface area contributed by atoms with Gasteiger partial charge in [0, 0.05) is 23.9 Å². The van der Waals surface area contributed by atoms with Crippen molar-refractivity contribution < 1.29 is 9.47 Å². The number of rotatable bonds is 1. The lowest BCUT2D eigenvalue weighted by Crippen LogP contribution is -2.34. The summed E-state index contributed by atoms with van der Waals surface area (Å²) < 4.78 is 12.9. The number of halogens is 1. The zero-order valence-electron chi connectivity index (χ0n) is 8.96. The Morgan fingerprint density at radius 2 is 1.81 bits per heavy atom. The Morgan fingerprint density at radius 3 is 2.44 bits per heavy atom. The van der Waals surface area contributed by atoms with E-state index in [1.54, 1.807) is 0 Å². The maximum Gasteiger partial charge on any atom is 0.251 e. The fraction of sp³-hybridized carbons (Fsp3) is 0.500. The molecule has 0 amide bonds. The average molecular weight is 284 g/mol. The average Bonchev–Trinajstić information content (AvgIpc) is 2.84. The Hall–Kier alpha value is -0.740. The molecule has 86 valence electrons. The molecule has 1 spiro atoms. The van der Waals surface area contributed by atoms with Gasteiger partial charge in [0.1, 0.15) is 0 Å². The Bertz CT molecular complexity index is 427. The monoisotopic (exact) mass is 283 g/mol. The van der Waals surface area contributed by atoms with Crippen LogP contribution in [0.1, 0.15) is 31.2 Å². The van der Waals surface area contributed by atoms with Crippen LogP contribution in [0.15, 0.2) is 16.6 Å². The SMILES string of the molecule is NCc1cc2c(cc1Br)OC1(CCCC1)O2. The highest BCUT2D eigenvalue weighted by Gasteiger charge is 2.44. The molecule has 1 aliphatic carbocycles. The van der Waals surface area contributed by atoms with Crippen LogP contribution in [-0.2, 0) is 6.54 Å². The molecule has 16 heavy (non-hydrogen) atoms. The van der Waals surface area contributed by atoms with Crippen molar-refractivity contribution in [3.63, 3.8) is 0 Å². The molecule has 4 heteroatoms. The molecule has 1 saturated carbocycles. The third-order valence-electron chi connectivity index (χ3n) is 3.29. The highest BCUT2D eigenvalue weighted by atomic mass is 79.9. The lowest BCUT2D eigenvalue weighted by molar-refractivity contribution is -0.0716. The molecule has 0 aromatic heterocycles. The van der Waals surface area contributed by atoms with Gasteiger partial charge in [0.25, 0.3) is 5.79 Å². The van der Waals surface area contributed by atoms with E-state index < -0.39 is 0 Å². The molecule has 1 aliphatic heterocycles. The highest BCUT2D eigenvalue weighted by Crippen LogP contribution is 2.48. The fourth-order valence-electron chi connectivity index (χ4n) is 2.43. The summed E-state index contributed by atoms with van der Waals surface area (Å²) in [5.41, 5.74) is 6.72. The molecule has 0 unspecified atom stereocenters. The van der Waals surface area contributed by atoms with E-state index in [1.807, 2.05) is 12.1 Å². The number of hydrogen-bond acceptors (Lipinski definition) is 3. The second-order valence-corrected chi connectivity index (χ2v) is 5.27. The summed E-state index contributed by atoms with van der Waals surface area (Å²) in [6.45, 7) is 0.504. The van der Waals surface area contributed by atoms with E-state index >= 15 is 0 Å². The minimum absolute atomic E-state index is 0.380. The predicted molar refractivity (Wildman–Crippen MR) is 64.5 cm³/mol. The van der Waals surface area contributed by atoms with Gasteiger partial charge in [0.05, 0.1) is 0 Å². The first-order valence-electron chi connectivity index (χ1n) is 5.63. The van der Waals surface area contributed by atoms with Crippen LogP contribution in [0.5, 0.6) is 11.5 Å². The Kier molecular flexibility index (Phi) is 2.37. The number of nitrogens with two attached hydrogens (primary N) is 1. The normalized spacial score (nSPS) is 20.6. The fourth-order valence-corrected chi connectivity index (χ4v) is 2.92. The van der Waals surface area contributed by atoms with Crippen LogP contribution in [0.25, 0.3) is 0 Å². The summed E-state index contributed by atoms with van der Waals surface area (Å²) >= 11 is 3.49. The van der Waals surface area contributed by atoms with Gasteiger partial charge in [-0.2, -0.15) is 0 Å². The summed E-state index contributed by atoms with van der Waals surface area (Å²) in [4.78, 5) is 0. The predicted octanol–water partition coefficient (Wildman–Crippen LogP) is 2.95. The van der Waals surface area contributed by atoms with Crippen molar-refractivity contribution in [2.75, 3.05) is 0 Å². The van der Waals surface area contributed by atoms with Gasteiger partial charge in [-0.3, -0.25) is 0 Å². The molecule has 1 fully saturated rings. The van der Waals surface area contributed by atoms with Crippen LogP contribution in [0, 0.1) is 0 Å². The van der Waals surface area contributed by atoms with Gasteiger partial charge in [-0.25, -0.2) is 0 Å². The van der Waals surface area contributed by atoms with E-state index in [4.69, 9.17) is 15.2 Å². The topological polar surface area (TPSA) is 44.5 Å². The zero-order valence-corrected chi connectivity index (χ0v) is 10.5. The minimum Gasteiger partial charge on any atom is -0.448 e. The summed E-state index contributed by atoms with van der Waals surface area (Å²) in [5.74, 6) is 1.30. The Labute approximate surface area is 103 Å². The molecule has 1 aromatic rings. The quantitative estimate of drug-likeness (QED) is 0.862. The van der Waals surface area contributed by atoms with Crippen LogP contribution in [0.2, 0.25) is 0 Å². The minimum atomic E-state index is -0.380. The molecule has 0 radical (unpaired) electrons. The molecule has 2 N–H and O–H groups in total. The standard InChI is InChI=1S/C12H14BrNO2/c13-9-6-11-10(5-8(9)7-14)15-12(16-11)3-1-2-4-12/h5-6H,1-4,7,14H2. The van der Waals surface area contributed by atoms with Crippen molar-refractivity contribution in [1.82, 2.24) is 0 Å². The summed E-state index contributed by atoms with van der Waals surface area (Å²) in [6, 6.07) is 3.94. The first kappa shape index (κ1) is 10.4. The van der Waals surface area contributed by atoms with E-state index in [9.17, 15) is 0 Å². The first-order valence-corrected chi connectivity index (χ1v) is 6.42. The van der Waals surface area contributed by atoms with Crippen molar-refractivity contribution in [1.29, 1.82) is 0 Å². The molecule has 1 aromatic carbocycles. The number of hydrogen-bond donors (Lipinski definition) is 1. The largest absolute Gasteiger partial charge is 0.448 e. The van der Waals surface area contributed by atoms with Crippen molar-refractivity contribution in [3.05, 3.63) is 22.2 Å². The molecular weight excluding hydrogens is 270 g/mol. The summed E-state index contributed by atoms with van der Waals surface area (Å²) in [7, 11) is 0. The summed E-state index contributed by atoms with van der Waals surface area (Å²) in [6.07, 6.45) is 4.33. The first-order chi connectivity index (χ1) is 7.72. The highest BCUT2D eigenvalue weighted by molar-refractivity contribution is 9.10. The van der Waals surface area contributed by atoms with Crippen molar-refractivity contribution in [2.24, 2.45) is 5.73 Å². The lowest BCUT2D eigenvalue weighted by atomic mass is 10.2.